The summed E-state index contributed by atoms with van der Waals surface area (Å²) in [5.41, 5.74) is 3.62. The Morgan fingerprint density at radius 1 is 1.09 bits per heavy atom. The first-order valence-corrected chi connectivity index (χ1v) is 11.6. The van der Waals surface area contributed by atoms with E-state index >= 15 is 0 Å². The smallest absolute Gasteiger partial charge is 0.283 e. The van der Waals surface area contributed by atoms with Crippen molar-refractivity contribution in [2.75, 3.05) is 10.7 Å². The zero-order valence-corrected chi connectivity index (χ0v) is 19.7. The van der Waals surface area contributed by atoms with E-state index in [0.29, 0.717) is 33.4 Å². The number of amidine groups is 1. The maximum atomic E-state index is 13.5. The third-order valence-corrected chi connectivity index (χ3v) is 6.36. The van der Waals surface area contributed by atoms with Crippen molar-refractivity contribution >= 4 is 46.2 Å². The van der Waals surface area contributed by atoms with Crippen LogP contribution in [0.4, 0.5) is 10.1 Å². The zero-order chi connectivity index (χ0) is 24.4. The molecule has 34 heavy (non-hydrogen) atoms. The lowest BCUT2D eigenvalue weighted by atomic mass is 10.1. The molecule has 4 rings (SSSR count). The monoisotopic (exact) mass is 475 g/mol. The predicted octanol–water partition coefficient (Wildman–Crippen LogP) is 5.33. The molecule has 1 aliphatic rings. The molecule has 0 bridgehead atoms. The maximum absolute atomic E-state index is 13.5. The molecule has 0 spiro atoms. The molecule has 1 amide bonds. The zero-order valence-electron chi connectivity index (χ0n) is 18.9. The van der Waals surface area contributed by atoms with E-state index in [-0.39, 0.29) is 28.9 Å². The Kier molecular flexibility index (Phi) is 6.61. The lowest BCUT2D eigenvalue weighted by Gasteiger charge is -2.17. The number of aryl methyl sites for hydroxylation is 1. The molecule has 172 valence electrons. The van der Waals surface area contributed by atoms with Crippen LogP contribution in [-0.4, -0.2) is 33.4 Å². The molecule has 0 unspecified atom stereocenters. The summed E-state index contributed by atoms with van der Waals surface area (Å²) >= 11 is 1.11. The van der Waals surface area contributed by atoms with Crippen molar-refractivity contribution in [2.24, 2.45) is 4.99 Å². The van der Waals surface area contributed by atoms with Gasteiger partial charge in [0.05, 0.1) is 17.1 Å². The molecule has 2 heterocycles. The first-order chi connectivity index (χ1) is 16.3. The van der Waals surface area contributed by atoms with Crippen LogP contribution in [0.5, 0.6) is 0 Å². The van der Waals surface area contributed by atoms with E-state index in [9.17, 15) is 18.8 Å². The van der Waals surface area contributed by atoms with Crippen molar-refractivity contribution in [3.8, 4) is 0 Å². The summed E-state index contributed by atoms with van der Waals surface area (Å²) < 4.78 is 13.5. The third kappa shape index (κ3) is 4.63. The lowest BCUT2D eigenvalue weighted by Crippen LogP contribution is -2.30. The molecule has 0 atom stereocenters. The first-order valence-electron chi connectivity index (χ1n) is 10.6. The minimum Gasteiger partial charge on any atom is -0.355 e. The third-order valence-electron chi connectivity index (χ3n) is 5.42. The SMILES string of the molecule is CC(=O)c1c(C)[nH]c(C(=O)CSC2=NC(=Cc3ccccc3)C(=O)N2c2ccc(F)cc2)c1C. The number of benzene rings is 2. The number of amides is 1. The van der Waals surface area contributed by atoms with Crippen molar-refractivity contribution in [3.05, 3.63) is 94.2 Å². The Labute approximate surface area is 200 Å². The molecule has 2 aromatic carbocycles. The number of H-pyrrole nitrogens is 1. The van der Waals surface area contributed by atoms with E-state index in [1.807, 2.05) is 30.3 Å². The standard InChI is InChI=1S/C26H22FN3O3S/c1-15-23(17(3)31)16(2)28-24(15)22(32)14-34-26-29-21(13-18-7-5-4-6-8-18)25(33)30(26)20-11-9-19(27)10-12-20/h4-13,28H,14H2,1-3H3. The summed E-state index contributed by atoms with van der Waals surface area (Å²) in [6, 6.07) is 14.8. The number of aliphatic imine (C=N–C) groups is 1. The molecule has 0 radical (unpaired) electrons. The minimum atomic E-state index is -0.421. The maximum Gasteiger partial charge on any atom is 0.283 e. The fourth-order valence-corrected chi connectivity index (χ4v) is 4.76. The number of aromatic nitrogens is 1. The van der Waals surface area contributed by atoms with Gasteiger partial charge in [0.2, 0.25) is 0 Å². The van der Waals surface area contributed by atoms with Crippen LogP contribution in [-0.2, 0) is 4.79 Å². The second kappa shape index (κ2) is 9.61. The Hall–Kier alpha value is -3.78. The van der Waals surface area contributed by atoms with Crippen LogP contribution in [0, 0.1) is 19.7 Å². The van der Waals surface area contributed by atoms with Crippen LogP contribution in [0.1, 0.15) is 44.6 Å². The van der Waals surface area contributed by atoms with E-state index in [4.69, 9.17) is 0 Å². The number of nitrogens with zero attached hydrogens (tertiary/aromatic N) is 2. The fourth-order valence-electron chi connectivity index (χ4n) is 3.88. The number of thioether (sulfide) groups is 1. The fraction of sp³-hybridized carbons (Fsp3) is 0.154. The van der Waals surface area contributed by atoms with E-state index < -0.39 is 5.82 Å². The lowest BCUT2D eigenvalue weighted by molar-refractivity contribution is -0.113. The number of hydrogen-bond donors (Lipinski definition) is 1. The van der Waals surface area contributed by atoms with Crippen molar-refractivity contribution in [2.45, 2.75) is 20.8 Å². The van der Waals surface area contributed by atoms with Crippen LogP contribution >= 0.6 is 11.8 Å². The van der Waals surface area contributed by atoms with Gasteiger partial charge in [0.25, 0.3) is 5.91 Å². The van der Waals surface area contributed by atoms with Crippen LogP contribution in [0.25, 0.3) is 6.08 Å². The number of aromatic amines is 1. The quantitative estimate of drug-likeness (QED) is 0.386. The molecule has 1 N–H and O–H groups in total. The van der Waals surface area contributed by atoms with Gasteiger partial charge in [-0.1, -0.05) is 42.1 Å². The summed E-state index contributed by atoms with van der Waals surface area (Å²) in [5, 5.41) is 0.319. The molecular formula is C26H22FN3O3S. The van der Waals surface area contributed by atoms with Crippen molar-refractivity contribution in [1.29, 1.82) is 0 Å². The van der Waals surface area contributed by atoms with E-state index in [2.05, 4.69) is 9.98 Å². The van der Waals surface area contributed by atoms with Crippen molar-refractivity contribution in [3.63, 3.8) is 0 Å². The van der Waals surface area contributed by atoms with Crippen LogP contribution in [0.15, 0.2) is 65.3 Å². The minimum absolute atomic E-state index is 0.000559. The van der Waals surface area contributed by atoms with Gasteiger partial charge in [0.1, 0.15) is 11.5 Å². The number of anilines is 1. The summed E-state index contributed by atoms with van der Waals surface area (Å²) in [7, 11) is 0. The molecular weight excluding hydrogens is 453 g/mol. The number of nitrogens with one attached hydrogen (secondary N) is 1. The average Bonchev–Trinajstić information content (AvgIpc) is 3.28. The molecule has 6 nitrogen and oxygen atoms in total. The second-order valence-corrected chi connectivity index (χ2v) is 8.79. The van der Waals surface area contributed by atoms with Gasteiger partial charge in [-0.2, -0.15) is 0 Å². The van der Waals surface area contributed by atoms with Gasteiger partial charge in [0.15, 0.2) is 16.7 Å². The van der Waals surface area contributed by atoms with Gasteiger partial charge in [-0.15, -0.1) is 0 Å². The first kappa shape index (κ1) is 23.4. The van der Waals surface area contributed by atoms with Crippen LogP contribution in [0.3, 0.4) is 0 Å². The topological polar surface area (TPSA) is 82.6 Å². The van der Waals surface area contributed by atoms with Gasteiger partial charge < -0.3 is 4.98 Å². The summed E-state index contributed by atoms with van der Waals surface area (Å²) in [4.78, 5) is 47.0. The normalized spacial score (nSPS) is 14.6. The van der Waals surface area contributed by atoms with Crippen LogP contribution in [0.2, 0.25) is 0 Å². The molecule has 0 saturated carbocycles. The number of Topliss-reactive ketones (excluding diaryl/α,β-unsaturated/α-hetero) is 2. The molecule has 3 aromatic rings. The largest absolute Gasteiger partial charge is 0.355 e. The highest BCUT2D eigenvalue weighted by Crippen LogP contribution is 2.30. The summed E-state index contributed by atoms with van der Waals surface area (Å²) in [6.45, 7) is 4.96. The molecule has 1 aromatic heterocycles. The van der Waals surface area contributed by atoms with Gasteiger partial charge in [-0.3, -0.25) is 19.3 Å². The van der Waals surface area contributed by atoms with E-state index in [1.54, 1.807) is 19.9 Å². The molecule has 8 heteroatoms. The van der Waals surface area contributed by atoms with Gasteiger partial charge >= 0.3 is 0 Å². The highest BCUT2D eigenvalue weighted by Gasteiger charge is 2.33. The Morgan fingerprint density at radius 3 is 2.38 bits per heavy atom. The number of halogens is 1. The second-order valence-electron chi connectivity index (χ2n) is 7.84. The molecule has 0 saturated heterocycles. The number of hydrogen-bond acceptors (Lipinski definition) is 5. The van der Waals surface area contributed by atoms with E-state index in [0.717, 1.165) is 17.3 Å². The number of rotatable bonds is 6. The Bertz CT molecular complexity index is 1340. The summed E-state index contributed by atoms with van der Waals surface area (Å²) in [6.07, 6.45) is 1.67. The number of ketones is 2. The molecule has 1 aliphatic heterocycles. The average molecular weight is 476 g/mol. The highest BCUT2D eigenvalue weighted by molar-refractivity contribution is 8.14. The van der Waals surface area contributed by atoms with Gasteiger partial charge in [-0.25, -0.2) is 9.38 Å². The van der Waals surface area contributed by atoms with Gasteiger partial charge in [-0.05, 0) is 62.2 Å². The Balaban J connectivity index is 1.63. The van der Waals surface area contributed by atoms with Crippen LogP contribution < -0.4 is 4.90 Å². The summed E-state index contributed by atoms with van der Waals surface area (Å²) in [5.74, 6) is -1.11. The van der Waals surface area contributed by atoms with E-state index in [1.165, 1.54) is 36.1 Å². The Morgan fingerprint density at radius 2 is 1.76 bits per heavy atom. The predicted molar refractivity (Wildman–Crippen MR) is 133 cm³/mol. The number of carbonyl (C=O) groups excluding carboxylic acids is 3. The van der Waals surface area contributed by atoms with Crippen molar-refractivity contribution < 1.29 is 18.8 Å². The number of carbonyl (C=O) groups is 3. The molecule has 0 aliphatic carbocycles. The highest BCUT2D eigenvalue weighted by atomic mass is 32.2. The van der Waals surface area contributed by atoms with Crippen molar-refractivity contribution in [1.82, 2.24) is 4.98 Å². The molecule has 0 fully saturated rings. The van der Waals surface area contributed by atoms with Gasteiger partial charge in [0, 0.05) is 11.3 Å².